The minimum absolute atomic E-state index is 0.140. The molecule has 1 aliphatic heterocycles. The van der Waals surface area contributed by atoms with Gasteiger partial charge in [0.05, 0.1) is 4.92 Å². The Kier molecular flexibility index (Phi) is 3.28. The van der Waals surface area contributed by atoms with Gasteiger partial charge < -0.3 is 10.6 Å². The van der Waals surface area contributed by atoms with Crippen LogP contribution in [-0.4, -0.2) is 24.1 Å². The van der Waals surface area contributed by atoms with E-state index in [0.717, 1.165) is 37.2 Å². The average molecular weight is 235 g/mol. The van der Waals surface area contributed by atoms with Gasteiger partial charge in [-0.3, -0.25) is 10.1 Å². The molecule has 0 spiro atoms. The molecule has 0 aromatic heterocycles. The standard InChI is InChI=1S/C12H17N3O2/c1-2-14-8-10(13)5-3-9-4-6-11(15(16)17)7-12(9)14/h4,6-7,10H,2-3,5,8,13H2,1H3. The fraction of sp³-hybridized carbons (Fsp3) is 0.500. The van der Waals surface area contributed by atoms with Crippen molar-refractivity contribution in [1.82, 2.24) is 0 Å². The number of hydrogen-bond donors (Lipinski definition) is 1. The molecule has 0 saturated carbocycles. The maximum atomic E-state index is 10.8. The van der Waals surface area contributed by atoms with Gasteiger partial charge in [0.2, 0.25) is 0 Å². The number of nitrogens with two attached hydrogens (primary N) is 1. The number of fused-ring (bicyclic) bond motifs is 1. The predicted molar refractivity (Wildman–Crippen MR) is 67.3 cm³/mol. The second-order valence-electron chi connectivity index (χ2n) is 4.41. The van der Waals surface area contributed by atoms with Crippen LogP contribution in [0.4, 0.5) is 11.4 Å². The molecule has 0 bridgehead atoms. The van der Waals surface area contributed by atoms with E-state index >= 15 is 0 Å². The maximum Gasteiger partial charge on any atom is 0.271 e. The second-order valence-corrected chi connectivity index (χ2v) is 4.41. The van der Waals surface area contributed by atoms with Gasteiger partial charge in [0, 0.05) is 37.0 Å². The summed E-state index contributed by atoms with van der Waals surface area (Å²) in [5.74, 6) is 0. The number of benzene rings is 1. The van der Waals surface area contributed by atoms with Crippen LogP contribution < -0.4 is 10.6 Å². The minimum atomic E-state index is -0.348. The highest BCUT2D eigenvalue weighted by atomic mass is 16.6. The highest BCUT2D eigenvalue weighted by Gasteiger charge is 2.20. The van der Waals surface area contributed by atoms with E-state index in [2.05, 4.69) is 4.90 Å². The monoisotopic (exact) mass is 235 g/mol. The Labute approximate surface area is 100 Å². The summed E-state index contributed by atoms with van der Waals surface area (Å²) in [5, 5.41) is 10.8. The molecule has 92 valence electrons. The first kappa shape index (κ1) is 11.9. The van der Waals surface area contributed by atoms with Crippen molar-refractivity contribution in [3.05, 3.63) is 33.9 Å². The van der Waals surface area contributed by atoms with Crippen LogP contribution in [0.15, 0.2) is 18.2 Å². The molecule has 1 atom stereocenters. The Bertz CT molecular complexity index is 434. The predicted octanol–water partition coefficient (Wildman–Crippen LogP) is 1.69. The van der Waals surface area contributed by atoms with E-state index in [4.69, 9.17) is 5.73 Å². The van der Waals surface area contributed by atoms with Gasteiger partial charge in [-0.25, -0.2) is 0 Å². The fourth-order valence-electron chi connectivity index (χ4n) is 2.28. The summed E-state index contributed by atoms with van der Waals surface area (Å²) >= 11 is 0. The third-order valence-electron chi connectivity index (χ3n) is 3.24. The van der Waals surface area contributed by atoms with Gasteiger partial charge in [-0.2, -0.15) is 0 Å². The lowest BCUT2D eigenvalue weighted by molar-refractivity contribution is -0.384. The molecule has 2 rings (SSSR count). The van der Waals surface area contributed by atoms with Gasteiger partial charge >= 0.3 is 0 Å². The molecule has 1 aromatic carbocycles. The lowest BCUT2D eigenvalue weighted by Crippen LogP contribution is -2.36. The normalized spacial score (nSPS) is 19.6. The lowest BCUT2D eigenvalue weighted by atomic mass is 10.1. The van der Waals surface area contributed by atoms with Crippen LogP contribution in [0.2, 0.25) is 0 Å². The van der Waals surface area contributed by atoms with Crippen molar-refractivity contribution in [2.75, 3.05) is 18.0 Å². The van der Waals surface area contributed by atoms with E-state index < -0.39 is 0 Å². The van der Waals surface area contributed by atoms with Crippen molar-refractivity contribution in [1.29, 1.82) is 0 Å². The van der Waals surface area contributed by atoms with Crippen LogP contribution >= 0.6 is 0 Å². The number of likely N-dealkylation sites (N-methyl/N-ethyl adjacent to an activating group) is 1. The average Bonchev–Trinajstić information content (AvgIpc) is 2.48. The third-order valence-corrected chi connectivity index (χ3v) is 3.24. The van der Waals surface area contributed by atoms with Gasteiger partial charge in [-0.05, 0) is 25.3 Å². The zero-order chi connectivity index (χ0) is 12.4. The second kappa shape index (κ2) is 4.71. The lowest BCUT2D eigenvalue weighted by Gasteiger charge is -2.24. The molecule has 1 aliphatic rings. The van der Waals surface area contributed by atoms with E-state index in [9.17, 15) is 10.1 Å². The van der Waals surface area contributed by atoms with Crippen LogP contribution in [0.25, 0.3) is 0 Å². The Hall–Kier alpha value is -1.62. The molecule has 0 aliphatic carbocycles. The van der Waals surface area contributed by atoms with Gasteiger partial charge in [0.15, 0.2) is 0 Å². The van der Waals surface area contributed by atoms with Crippen LogP contribution in [-0.2, 0) is 6.42 Å². The first-order valence-electron chi connectivity index (χ1n) is 5.89. The Morgan fingerprint density at radius 2 is 2.35 bits per heavy atom. The number of rotatable bonds is 2. The Balaban J connectivity index is 2.42. The van der Waals surface area contributed by atoms with Crippen molar-refractivity contribution < 1.29 is 4.92 Å². The van der Waals surface area contributed by atoms with Crippen molar-refractivity contribution >= 4 is 11.4 Å². The summed E-state index contributed by atoms with van der Waals surface area (Å²) in [6, 6.07) is 5.23. The maximum absolute atomic E-state index is 10.8. The molecule has 5 heteroatoms. The Morgan fingerprint density at radius 3 is 3.00 bits per heavy atom. The van der Waals surface area contributed by atoms with Crippen LogP contribution in [0, 0.1) is 10.1 Å². The molecule has 5 nitrogen and oxygen atoms in total. The van der Waals surface area contributed by atoms with Gasteiger partial charge in [0.1, 0.15) is 0 Å². The van der Waals surface area contributed by atoms with Gasteiger partial charge in [0.25, 0.3) is 5.69 Å². The number of aryl methyl sites for hydroxylation is 1. The van der Waals surface area contributed by atoms with E-state index in [1.165, 1.54) is 0 Å². The van der Waals surface area contributed by atoms with Crippen molar-refractivity contribution in [2.45, 2.75) is 25.8 Å². The summed E-state index contributed by atoms with van der Waals surface area (Å²) in [5.41, 5.74) is 8.28. The molecule has 0 saturated heterocycles. The van der Waals surface area contributed by atoms with Gasteiger partial charge in [-0.1, -0.05) is 6.07 Å². The SMILES string of the molecule is CCN1CC(N)CCc2ccc([N+](=O)[O-])cc21. The molecule has 2 N–H and O–H groups in total. The summed E-state index contributed by atoms with van der Waals surface area (Å²) in [7, 11) is 0. The number of anilines is 1. The summed E-state index contributed by atoms with van der Waals surface area (Å²) in [6.45, 7) is 3.63. The highest BCUT2D eigenvalue weighted by Crippen LogP contribution is 2.29. The molecular formula is C12H17N3O2. The van der Waals surface area contributed by atoms with Crippen molar-refractivity contribution in [3.8, 4) is 0 Å². The summed E-state index contributed by atoms with van der Waals surface area (Å²) in [4.78, 5) is 12.6. The first-order chi connectivity index (χ1) is 8.11. The molecule has 1 heterocycles. The fourth-order valence-corrected chi connectivity index (χ4v) is 2.28. The quantitative estimate of drug-likeness (QED) is 0.625. The van der Waals surface area contributed by atoms with Crippen molar-refractivity contribution in [3.63, 3.8) is 0 Å². The molecule has 0 radical (unpaired) electrons. The Morgan fingerprint density at radius 1 is 1.59 bits per heavy atom. The molecule has 17 heavy (non-hydrogen) atoms. The number of nitrogens with zero attached hydrogens (tertiary/aromatic N) is 2. The van der Waals surface area contributed by atoms with Crippen LogP contribution in [0.5, 0.6) is 0 Å². The highest BCUT2D eigenvalue weighted by molar-refractivity contribution is 5.60. The minimum Gasteiger partial charge on any atom is -0.370 e. The smallest absolute Gasteiger partial charge is 0.271 e. The van der Waals surface area contributed by atoms with E-state index in [-0.39, 0.29) is 16.7 Å². The van der Waals surface area contributed by atoms with E-state index in [1.54, 1.807) is 12.1 Å². The zero-order valence-corrected chi connectivity index (χ0v) is 9.93. The number of hydrogen-bond acceptors (Lipinski definition) is 4. The number of nitro groups is 1. The third kappa shape index (κ3) is 2.39. The van der Waals surface area contributed by atoms with Crippen molar-refractivity contribution in [2.24, 2.45) is 5.73 Å². The molecule has 0 amide bonds. The number of nitro benzene ring substituents is 1. The van der Waals surface area contributed by atoms with Crippen LogP contribution in [0.3, 0.4) is 0 Å². The zero-order valence-electron chi connectivity index (χ0n) is 9.93. The molecule has 1 aromatic rings. The first-order valence-corrected chi connectivity index (χ1v) is 5.89. The van der Waals surface area contributed by atoms with Gasteiger partial charge in [-0.15, -0.1) is 0 Å². The number of non-ortho nitro benzene ring substituents is 1. The summed E-state index contributed by atoms with van der Waals surface area (Å²) < 4.78 is 0. The van der Waals surface area contributed by atoms with E-state index in [0.29, 0.717) is 0 Å². The molecule has 1 unspecified atom stereocenters. The van der Waals surface area contributed by atoms with E-state index in [1.807, 2.05) is 13.0 Å². The molecule has 0 fully saturated rings. The molecular weight excluding hydrogens is 218 g/mol. The van der Waals surface area contributed by atoms with Crippen LogP contribution in [0.1, 0.15) is 18.9 Å². The topological polar surface area (TPSA) is 72.4 Å². The largest absolute Gasteiger partial charge is 0.370 e. The summed E-state index contributed by atoms with van der Waals surface area (Å²) in [6.07, 6.45) is 1.83.